The first kappa shape index (κ1) is 41.6. The normalized spacial score (nSPS) is 16.1. The lowest BCUT2D eigenvalue weighted by Crippen LogP contribution is -2.27. The zero-order chi connectivity index (χ0) is 32.2. The largest absolute Gasteiger partial charge is 0.472 e. The summed E-state index contributed by atoms with van der Waals surface area (Å²) in [5.41, 5.74) is 0. The van der Waals surface area contributed by atoms with Gasteiger partial charge in [-0.15, -0.1) is 0 Å². The summed E-state index contributed by atoms with van der Waals surface area (Å²) in [5, 5.41) is 18.3. The topological polar surface area (TPSA) is 205 Å². The lowest BCUT2D eigenvalue weighted by atomic mass is 10.1. The van der Waals surface area contributed by atoms with Gasteiger partial charge in [0.15, 0.2) is 6.10 Å². The molecule has 14 nitrogen and oxygen atoms in total. The average Bonchev–Trinajstić information content (AvgIpc) is 2.97. The molecule has 252 valence electrons. The van der Waals surface area contributed by atoms with Crippen molar-refractivity contribution in [3.05, 3.63) is 24.3 Å². The Hall–Kier alpha value is -1.44. The molecule has 0 radical (unpaired) electrons. The third-order valence-electron chi connectivity index (χ3n) is 5.64. The van der Waals surface area contributed by atoms with E-state index in [2.05, 4.69) is 44.8 Å². The molecule has 0 amide bonds. The molecule has 0 aliphatic rings. The van der Waals surface area contributed by atoms with Crippen LogP contribution >= 0.6 is 15.6 Å². The van der Waals surface area contributed by atoms with E-state index in [1.54, 1.807) is 0 Å². The quantitative estimate of drug-likeness (QED) is 0.0275. The van der Waals surface area contributed by atoms with Gasteiger partial charge in [0.25, 0.3) is 6.47 Å². The number of rotatable bonds is 30. The van der Waals surface area contributed by atoms with Gasteiger partial charge >= 0.3 is 21.6 Å². The first-order valence-electron chi connectivity index (χ1n) is 14.6. The predicted molar refractivity (Wildman–Crippen MR) is 158 cm³/mol. The lowest BCUT2D eigenvalue weighted by Gasteiger charge is -2.19. The lowest BCUT2D eigenvalue weighted by molar-refractivity contribution is -0.153. The van der Waals surface area contributed by atoms with E-state index in [9.17, 15) is 33.6 Å². The number of carbonyl (C=O) groups excluding carboxylic acids is 2. The second-order valence-corrected chi connectivity index (χ2v) is 12.5. The predicted octanol–water partition coefficient (Wildman–Crippen LogP) is 4.51. The van der Waals surface area contributed by atoms with Crippen LogP contribution in [0.1, 0.15) is 84.0 Å². The first-order chi connectivity index (χ1) is 20.5. The summed E-state index contributed by atoms with van der Waals surface area (Å²) in [7, 11) is -9.29. The minimum absolute atomic E-state index is 0.0682. The van der Waals surface area contributed by atoms with E-state index < -0.39 is 73.5 Å². The molecule has 0 aliphatic carbocycles. The maximum atomic E-state index is 12.0. The molecule has 43 heavy (non-hydrogen) atoms. The van der Waals surface area contributed by atoms with E-state index in [0.29, 0.717) is 6.42 Å². The Morgan fingerprint density at radius 3 is 1.93 bits per heavy atom. The van der Waals surface area contributed by atoms with Crippen LogP contribution in [0.2, 0.25) is 0 Å². The van der Waals surface area contributed by atoms with Crippen LogP contribution in [-0.2, 0) is 46.3 Å². The van der Waals surface area contributed by atoms with Crippen LogP contribution < -0.4 is 0 Å². The van der Waals surface area contributed by atoms with Gasteiger partial charge in [0, 0.05) is 6.42 Å². The minimum Gasteiger partial charge on any atom is -0.462 e. The van der Waals surface area contributed by atoms with Gasteiger partial charge in [-0.25, -0.2) is 9.13 Å². The molecule has 2 unspecified atom stereocenters. The molecule has 4 atom stereocenters. The van der Waals surface area contributed by atoms with Crippen molar-refractivity contribution in [2.45, 2.75) is 96.2 Å². The second-order valence-electron chi connectivity index (χ2n) is 9.55. The molecule has 0 saturated carbocycles. The molecule has 0 aromatic heterocycles. The smallest absolute Gasteiger partial charge is 0.462 e. The maximum absolute atomic E-state index is 12.0. The number of allylic oxidation sites excluding steroid dienone is 4. The molecule has 0 aromatic carbocycles. The number of ether oxygens (including phenoxy) is 2. The fourth-order valence-electron chi connectivity index (χ4n) is 3.36. The van der Waals surface area contributed by atoms with Crippen LogP contribution in [0.25, 0.3) is 0 Å². The molecule has 0 fully saturated rings. The van der Waals surface area contributed by atoms with Crippen molar-refractivity contribution in [1.82, 2.24) is 0 Å². The number of carbonyl (C=O) groups is 2. The summed E-state index contributed by atoms with van der Waals surface area (Å²) in [6.45, 7) is -1.42. The zero-order valence-corrected chi connectivity index (χ0v) is 26.8. The number of hydrogen-bond acceptors (Lipinski definition) is 12. The standard InChI is InChI=1S/C27H50O14P2/c1-2-3-4-5-6-7-8-9-10-11-12-13-14-15-16-17-27(31)36-22-26(37-24-29)23-41-43(34,35)40-21-25(30)20-39-42(32,33)38-19-18-28/h6-7,9-10,24-26,28,30H,2-5,8,11-23H2,1H3,(H,32,33)(H,34,35)/b7-6+,10-9+/t25-,26-/m1/s1. The highest BCUT2D eigenvalue weighted by Gasteiger charge is 2.28. The number of aliphatic hydroxyl groups is 2. The van der Waals surface area contributed by atoms with E-state index in [4.69, 9.17) is 19.1 Å². The van der Waals surface area contributed by atoms with Crippen LogP contribution in [0.5, 0.6) is 0 Å². The van der Waals surface area contributed by atoms with E-state index in [-0.39, 0.29) is 12.9 Å². The molecular formula is C27H50O14P2. The second kappa shape index (κ2) is 26.9. The molecule has 16 heteroatoms. The summed E-state index contributed by atoms with van der Waals surface area (Å²) < 4.78 is 51.3. The molecule has 0 aliphatic heterocycles. The van der Waals surface area contributed by atoms with E-state index >= 15 is 0 Å². The SMILES string of the molecule is CCCCC/C=C/C/C=C/CCCCCCCC(=O)OC[C@H](COP(=O)(O)OC[C@H](O)COP(=O)(O)OCCO)OC=O. The third kappa shape index (κ3) is 27.8. The fourth-order valence-corrected chi connectivity index (χ4v) is 4.90. The number of phosphoric acid groups is 2. The number of esters is 1. The van der Waals surface area contributed by atoms with Gasteiger partial charge in [-0.3, -0.25) is 27.7 Å². The number of aliphatic hydroxyl groups excluding tert-OH is 2. The zero-order valence-electron chi connectivity index (χ0n) is 25.0. The highest BCUT2D eigenvalue weighted by molar-refractivity contribution is 7.47. The van der Waals surface area contributed by atoms with E-state index in [1.807, 2.05) is 0 Å². The van der Waals surface area contributed by atoms with Gasteiger partial charge in [-0.2, -0.15) is 0 Å². The summed E-state index contributed by atoms with van der Waals surface area (Å²) >= 11 is 0. The Kier molecular flexibility index (Phi) is 26.0. The van der Waals surface area contributed by atoms with E-state index in [0.717, 1.165) is 44.9 Å². The highest BCUT2D eigenvalue weighted by Crippen LogP contribution is 2.45. The van der Waals surface area contributed by atoms with Crippen LogP contribution in [0.15, 0.2) is 24.3 Å². The third-order valence-corrected chi connectivity index (χ3v) is 7.57. The molecule has 0 rings (SSSR count). The van der Waals surface area contributed by atoms with Crippen molar-refractivity contribution in [1.29, 1.82) is 0 Å². The molecule has 0 heterocycles. The molecular weight excluding hydrogens is 610 g/mol. The van der Waals surface area contributed by atoms with Crippen molar-refractivity contribution in [2.75, 3.05) is 39.6 Å². The van der Waals surface area contributed by atoms with Crippen molar-refractivity contribution in [3.8, 4) is 0 Å². The minimum atomic E-state index is -4.75. The Balaban J connectivity index is 4.05. The summed E-state index contributed by atoms with van der Waals surface area (Å²) in [6.07, 6.45) is 17.8. The maximum Gasteiger partial charge on any atom is 0.472 e. The Labute approximate surface area is 254 Å². The summed E-state index contributed by atoms with van der Waals surface area (Å²) in [5.74, 6) is -0.513. The van der Waals surface area contributed by atoms with Gasteiger partial charge in [-0.1, -0.05) is 63.3 Å². The summed E-state index contributed by atoms with van der Waals surface area (Å²) in [4.78, 5) is 41.8. The molecule has 0 spiro atoms. The van der Waals surface area contributed by atoms with Crippen LogP contribution in [0, 0.1) is 0 Å². The molecule has 0 bridgehead atoms. The van der Waals surface area contributed by atoms with Crippen molar-refractivity contribution >= 4 is 28.1 Å². The van der Waals surface area contributed by atoms with Gasteiger partial charge < -0.3 is 29.5 Å². The number of unbranched alkanes of at least 4 members (excludes halogenated alkanes) is 8. The van der Waals surface area contributed by atoms with Gasteiger partial charge in [0.2, 0.25) is 0 Å². The monoisotopic (exact) mass is 660 g/mol. The van der Waals surface area contributed by atoms with Crippen molar-refractivity contribution in [2.24, 2.45) is 0 Å². The Bertz CT molecular complexity index is 867. The van der Waals surface area contributed by atoms with Crippen LogP contribution in [0.3, 0.4) is 0 Å². The molecule has 0 saturated heterocycles. The van der Waals surface area contributed by atoms with Crippen LogP contribution in [-0.4, -0.2) is 84.3 Å². The first-order valence-corrected chi connectivity index (χ1v) is 17.6. The van der Waals surface area contributed by atoms with E-state index in [1.165, 1.54) is 19.3 Å². The van der Waals surface area contributed by atoms with Crippen LogP contribution in [0.4, 0.5) is 0 Å². The van der Waals surface area contributed by atoms with Crippen molar-refractivity contribution in [3.63, 3.8) is 0 Å². The average molecular weight is 661 g/mol. The van der Waals surface area contributed by atoms with Crippen molar-refractivity contribution < 1.29 is 66.3 Å². The van der Waals surface area contributed by atoms with Gasteiger partial charge in [-0.05, 0) is 38.5 Å². The molecule has 4 N–H and O–H groups in total. The Morgan fingerprint density at radius 2 is 1.33 bits per heavy atom. The number of hydrogen-bond donors (Lipinski definition) is 4. The fraction of sp³-hybridized carbons (Fsp3) is 0.778. The summed E-state index contributed by atoms with van der Waals surface area (Å²) in [6, 6.07) is 0. The number of phosphoric ester groups is 2. The highest BCUT2D eigenvalue weighted by atomic mass is 31.2. The molecule has 0 aromatic rings. The van der Waals surface area contributed by atoms with Gasteiger partial charge in [0.1, 0.15) is 12.7 Å². The Morgan fingerprint density at radius 1 is 0.767 bits per heavy atom. The van der Waals surface area contributed by atoms with Gasteiger partial charge in [0.05, 0.1) is 33.0 Å².